The molecule has 1 saturated heterocycles. The fourth-order valence-corrected chi connectivity index (χ4v) is 2.41. The topological polar surface area (TPSA) is 72.2 Å². The molecule has 19 heavy (non-hydrogen) atoms. The summed E-state index contributed by atoms with van der Waals surface area (Å²) in [7, 11) is 0. The number of amides is 1. The van der Waals surface area contributed by atoms with Gasteiger partial charge >= 0.3 is 0 Å². The van der Waals surface area contributed by atoms with E-state index >= 15 is 0 Å². The Kier molecular flexibility index (Phi) is 3.83. The summed E-state index contributed by atoms with van der Waals surface area (Å²) in [5.41, 5.74) is 1.99. The molecule has 0 spiro atoms. The van der Waals surface area contributed by atoms with E-state index in [1.54, 1.807) is 0 Å². The quantitative estimate of drug-likeness (QED) is 0.671. The van der Waals surface area contributed by atoms with Gasteiger partial charge in [-0.1, -0.05) is 38.1 Å². The van der Waals surface area contributed by atoms with Crippen LogP contribution >= 0.6 is 0 Å². The summed E-state index contributed by atoms with van der Waals surface area (Å²) >= 11 is 0. The molecule has 0 unspecified atom stereocenters. The summed E-state index contributed by atoms with van der Waals surface area (Å²) in [5, 5.41) is 13.8. The molecular weight excluding hydrogens is 244 g/mol. The monoisotopic (exact) mass is 262 g/mol. The number of rotatable bonds is 3. The second-order valence-corrected chi connectivity index (χ2v) is 5.26. The normalized spacial score (nSPS) is 23.2. The van der Waals surface area contributed by atoms with Crippen LogP contribution in [0.15, 0.2) is 24.3 Å². The van der Waals surface area contributed by atoms with Crippen LogP contribution in [0, 0.1) is 10.1 Å². The molecule has 1 amide bonds. The van der Waals surface area contributed by atoms with Crippen LogP contribution in [0.3, 0.4) is 0 Å². The van der Waals surface area contributed by atoms with Gasteiger partial charge in [-0.25, -0.2) is 0 Å². The number of nitro groups is 1. The summed E-state index contributed by atoms with van der Waals surface area (Å²) in [6, 6.07) is 6.44. The third kappa shape index (κ3) is 2.92. The van der Waals surface area contributed by atoms with Gasteiger partial charge in [0.1, 0.15) is 6.04 Å². The number of carbonyl (C=O) groups excluding carboxylic acids is 1. The van der Waals surface area contributed by atoms with Crippen LogP contribution in [0.25, 0.3) is 0 Å². The van der Waals surface area contributed by atoms with Crippen LogP contribution < -0.4 is 5.32 Å². The van der Waals surface area contributed by atoms with Crippen LogP contribution in [0.4, 0.5) is 0 Å². The van der Waals surface area contributed by atoms with E-state index in [0.29, 0.717) is 12.3 Å². The van der Waals surface area contributed by atoms with Gasteiger partial charge in [-0.2, -0.15) is 0 Å². The van der Waals surface area contributed by atoms with E-state index in [4.69, 9.17) is 0 Å². The third-order valence-corrected chi connectivity index (χ3v) is 3.60. The predicted octanol–water partition coefficient (Wildman–Crippen LogP) is 2.41. The van der Waals surface area contributed by atoms with Gasteiger partial charge in [-0.3, -0.25) is 14.9 Å². The van der Waals surface area contributed by atoms with Gasteiger partial charge in [0.15, 0.2) is 0 Å². The predicted molar refractivity (Wildman–Crippen MR) is 71.4 cm³/mol. The summed E-state index contributed by atoms with van der Waals surface area (Å²) in [6.45, 7) is 4.19. The number of carbonyl (C=O) groups is 1. The molecule has 2 atom stereocenters. The number of piperidine rings is 1. The van der Waals surface area contributed by atoms with E-state index in [1.165, 1.54) is 5.56 Å². The van der Waals surface area contributed by atoms with Crippen molar-refractivity contribution in [3.05, 3.63) is 45.5 Å². The van der Waals surface area contributed by atoms with Gasteiger partial charge < -0.3 is 5.32 Å². The molecule has 0 saturated carbocycles. The zero-order valence-electron chi connectivity index (χ0n) is 11.1. The van der Waals surface area contributed by atoms with Crippen LogP contribution in [0.2, 0.25) is 0 Å². The van der Waals surface area contributed by atoms with E-state index in [1.807, 2.05) is 24.3 Å². The van der Waals surface area contributed by atoms with Crippen molar-refractivity contribution in [3.63, 3.8) is 0 Å². The van der Waals surface area contributed by atoms with Crippen LogP contribution in [-0.2, 0) is 4.79 Å². The molecule has 5 heteroatoms. The van der Waals surface area contributed by atoms with Gasteiger partial charge in [0, 0.05) is 17.8 Å². The minimum Gasteiger partial charge on any atom is -0.343 e. The van der Waals surface area contributed by atoms with Crippen molar-refractivity contribution in [1.82, 2.24) is 5.32 Å². The molecule has 1 heterocycles. The van der Waals surface area contributed by atoms with Crippen molar-refractivity contribution >= 4 is 5.91 Å². The van der Waals surface area contributed by atoms with Gasteiger partial charge in [0.25, 0.3) is 0 Å². The molecule has 1 aromatic carbocycles. The van der Waals surface area contributed by atoms with Crippen LogP contribution in [-0.4, -0.2) is 16.9 Å². The molecule has 1 fully saturated rings. The lowest BCUT2D eigenvalue weighted by molar-refractivity contribution is -0.529. The molecule has 1 aliphatic rings. The van der Waals surface area contributed by atoms with E-state index in [0.717, 1.165) is 5.56 Å². The van der Waals surface area contributed by atoms with Crippen LogP contribution in [0.1, 0.15) is 49.8 Å². The Balaban J connectivity index is 2.26. The number of hydrogen-bond donors (Lipinski definition) is 1. The highest BCUT2D eigenvalue weighted by Crippen LogP contribution is 2.27. The van der Waals surface area contributed by atoms with E-state index in [9.17, 15) is 14.9 Å². The first-order chi connectivity index (χ1) is 8.99. The molecule has 102 valence electrons. The molecule has 5 nitrogen and oxygen atoms in total. The van der Waals surface area contributed by atoms with Gasteiger partial charge in [-0.15, -0.1) is 0 Å². The van der Waals surface area contributed by atoms with Crippen molar-refractivity contribution < 1.29 is 9.72 Å². The van der Waals surface area contributed by atoms with Crippen molar-refractivity contribution in [2.75, 3.05) is 0 Å². The minimum absolute atomic E-state index is 0.115. The maximum Gasteiger partial charge on any atom is 0.237 e. The fraction of sp³-hybridized carbons (Fsp3) is 0.500. The lowest BCUT2D eigenvalue weighted by atomic mass is 9.91. The zero-order valence-corrected chi connectivity index (χ0v) is 11.1. The second kappa shape index (κ2) is 5.38. The minimum atomic E-state index is -0.734. The largest absolute Gasteiger partial charge is 0.343 e. The maximum atomic E-state index is 11.5. The Hall–Kier alpha value is -1.91. The van der Waals surface area contributed by atoms with Gasteiger partial charge in [-0.05, 0) is 17.0 Å². The second-order valence-electron chi connectivity index (χ2n) is 5.26. The smallest absolute Gasteiger partial charge is 0.237 e. The molecule has 1 aliphatic heterocycles. The highest BCUT2D eigenvalue weighted by molar-refractivity contribution is 5.77. The van der Waals surface area contributed by atoms with Crippen molar-refractivity contribution in [1.29, 1.82) is 0 Å². The molecule has 0 radical (unpaired) electrons. The van der Waals surface area contributed by atoms with Crippen LogP contribution in [0.5, 0.6) is 0 Å². The number of nitrogens with zero attached hydrogens (tertiary/aromatic N) is 1. The third-order valence-electron chi connectivity index (χ3n) is 3.60. The summed E-state index contributed by atoms with van der Waals surface area (Å²) in [6.07, 6.45) is 0.529. The molecule has 1 aromatic rings. The van der Waals surface area contributed by atoms with E-state index in [-0.39, 0.29) is 17.3 Å². The Labute approximate surface area is 112 Å². The lowest BCUT2D eigenvalue weighted by Gasteiger charge is -2.27. The first kappa shape index (κ1) is 13.5. The standard InChI is InChI=1S/C14H18N2O3/c1-9(2)10-3-5-11(6-4-10)14-12(16(18)19)7-8-13(17)15-14/h3-6,9,12,14H,7-8H2,1-2H3,(H,15,17)/t12-,14-/m0/s1. The van der Waals surface area contributed by atoms with Crippen molar-refractivity contribution in [2.45, 2.75) is 44.7 Å². The first-order valence-corrected chi connectivity index (χ1v) is 6.51. The van der Waals surface area contributed by atoms with Crippen molar-refractivity contribution in [2.24, 2.45) is 0 Å². The average molecular weight is 262 g/mol. The molecule has 1 N–H and O–H groups in total. The van der Waals surface area contributed by atoms with Gasteiger partial charge in [0.2, 0.25) is 11.9 Å². The Morgan fingerprint density at radius 3 is 2.47 bits per heavy atom. The SMILES string of the molecule is CC(C)c1ccc([C@@H]2NC(=O)CC[C@@H]2[N+](=O)[O-])cc1. The summed E-state index contributed by atoms with van der Waals surface area (Å²) < 4.78 is 0. The molecular formula is C14H18N2O3. The fourth-order valence-electron chi connectivity index (χ4n) is 2.41. The molecule has 0 aliphatic carbocycles. The van der Waals surface area contributed by atoms with Crippen molar-refractivity contribution in [3.8, 4) is 0 Å². The van der Waals surface area contributed by atoms with Gasteiger partial charge in [0.05, 0.1) is 0 Å². The zero-order chi connectivity index (χ0) is 14.0. The number of nitrogens with one attached hydrogen (secondary N) is 1. The highest BCUT2D eigenvalue weighted by atomic mass is 16.6. The molecule has 0 aromatic heterocycles. The van der Waals surface area contributed by atoms with E-state index < -0.39 is 12.1 Å². The molecule has 0 bridgehead atoms. The average Bonchev–Trinajstić information content (AvgIpc) is 2.38. The highest BCUT2D eigenvalue weighted by Gasteiger charge is 2.37. The number of hydrogen-bond acceptors (Lipinski definition) is 3. The maximum absolute atomic E-state index is 11.5. The lowest BCUT2D eigenvalue weighted by Crippen LogP contribution is -2.45. The summed E-state index contributed by atoms with van der Waals surface area (Å²) in [4.78, 5) is 22.2. The summed E-state index contributed by atoms with van der Waals surface area (Å²) in [5.74, 6) is 0.303. The first-order valence-electron chi connectivity index (χ1n) is 6.51. The molecule has 2 rings (SSSR count). The number of benzene rings is 1. The Morgan fingerprint density at radius 2 is 1.95 bits per heavy atom. The Morgan fingerprint density at radius 1 is 1.32 bits per heavy atom. The Bertz CT molecular complexity index is 482. The van der Waals surface area contributed by atoms with E-state index in [2.05, 4.69) is 19.2 Å².